The fourth-order valence-electron chi connectivity index (χ4n) is 3.94. The summed E-state index contributed by atoms with van der Waals surface area (Å²) in [5, 5.41) is 24.0. The number of hydrogen-bond acceptors (Lipinski definition) is 7. The van der Waals surface area contributed by atoms with E-state index >= 15 is 0 Å². The summed E-state index contributed by atoms with van der Waals surface area (Å²) in [4.78, 5) is 35.2. The van der Waals surface area contributed by atoms with Gasteiger partial charge in [-0.2, -0.15) is 26.3 Å². The van der Waals surface area contributed by atoms with Gasteiger partial charge in [-0.05, 0) is 55.0 Å². The van der Waals surface area contributed by atoms with Crippen LogP contribution in [0.3, 0.4) is 0 Å². The number of aryl methyl sites for hydroxylation is 1. The number of halogens is 6. The summed E-state index contributed by atoms with van der Waals surface area (Å²) in [7, 11) is 0. The van der Waals surface area contributed by atoms with Crippen molar-refractivity contribution in [2.45, 2.75) is 19.3 Å². The Hall–Kier alpha value is -4.05. The molecule has 0 radical (unpaired) electrons. The molecule has 0 aromatic heterocycles. The second-order valence-corrected chi connectivity index (χ2v) is 9.08. The molecule has 0 unspecified atom stereocenters. The van der Waals surface area contributed by atoms with Crippen LogP contribution in [0.4, 0.5) is 43.4 Å². The number of nitrogens with zero attached hydrogens (tertiary/aromatic N) is 2. The predicted molar refractivity (Wildman–Crippen MR) is 143 cm³/mol. The third-order valence-electron chi connectivity index (χ3n) is 6.01. The zero-order valence-corrected chi connectivity index (χ0v) is 22.5. The summed E-state index contributed by atoms with van der Waals surface area (Å²) >= 11 is 0. The highest BCUT2D eigenvalue weighted by Gasteiger charge is 2.38. The number of piperazine rings is 2. The molecule has 16 heteroatoms. The van der Waals surface area contributed by atoms with Gasteiger partial charge in [-0.3, -0.25) is 4.79 Å². The molecular weight excluding hydrogens is 576 g/mol. The molecule has 2 aliphatic heterocycles. The maximum Gasteiger partial charge on any atom is 0.490 e. The quantitative estimate of drug-likeness (QED) is 0.332. The third-order valence-corrected chi connectivity index (χ3v) is 6.01. The zero-order valence-electron chi connectivity index (χ0n) is 22.5. The van der Waals surface area contributed by atoms with Crippen LogP contribution in [0.1, 0.15) is 15.9 Å². The number of anilines is 3. The molecule has 2 aromatic carbocycles. The first kappa shape index (κ1) is 34.2. The van der Waals surface area contributed by atoms with Crippen LogP contribution in [0.5, 0.6) is 0 Å². The standard InChI is InChI=1S/C22H29N5O.2C2HF3O2/c1-17-16-18(2-7-21(17)27-14-10-24-11-15-27)22(28)25-19-3-5-20(6-4-19)26-12-8-23-9-13-26;2*3-2(4,5)1(6)7/h2-7,16,23-24H,8-15H2,1H3,(H,25,28);2*(H,6,7). The van der Waals surface area contributed by atoms with Gasteiger partial charge in [0, 0.05) is 75.0 Å². The molecule has 10 nitrogen and oxygen atoms in total. The fraction of sp³-hybridized carbons (Fsp3) is 0.423. The van der Waals surface area contributed by atoms with Crippen molar-refractivity contribution in [3.8, 4) is 0 Å². The number of nitrogens with one attached hydrogen (secondary N) is 3. The van der Waals surface area contributed by atoms with Gasteiger partial charge in [0.2, 0.25) is 0 Å². The summed E-state index contributed by atoms with van der Waals surface area (Å²) in [6.07, 6.45) is -10.2. The molecule has 2 heterocycles. The maximum atomic E-state index is 12.7. The zero-order chi connectivity index (χ0) is 31.5. The molecule has 2 saturated heterocycles. The van der Waals surface area contributed by atoms with Crippen LogP contribution in [-0.2, 0) is 9.59 Å². The minimum Gasteiger partial charge on any atom is -0.475 e. The molecule has 2 fully saturated rings. The molecule has 1 amide bonds. The molecule has 0 saturated carbocycles. The van der Waals surface area contributed by atoms with E-state index in [1.807, 2.05) is 24.3 Å². The molecule has 0 aliphatic carbocycles. The van der Waals surface area contributed by atoms with E-state index in [4.69, 9.17) is 19.8 Å². The van der Waals surface area contributed by atoms with Crippen molar-refractivity contribution in [2.24, 2.45) is 0 Å². The maximum absolute atomic E-state index is 12.7. The lowest BCUT2D eigenvalue weighted by molar-refractivity contribution is -0.193. The van der Waals surface area contributed by atoms with Crippen molar-refractivity contribution in [3.63, 3.8) is 0 Å². The largest absolute Gasteiger partial charge is 0.490 e. The van der Waals surface area contributed by atoms with Crippen molar-refractivity contribution in [3.05, 3.63) is 53.6 Å². The molecule has 0 bridgehead atoms. The minimum absolute atomic E-state index is 0.0649. The summed E-state index contributed by atoms with van der Waals surface area (Å²) in [6.45, 7) is 10.2. The van der Waals surface area contributed by atoms with Crippen molar-refractivity contribution >= 4 is 34.9 Å². The summed E-state index contributed by atoms with van der Waals surface area (Å²) in [5.41, 5.74) is 5.09. The summed E-state index contributed by atoms with van der Waals surface area (Å²) in [6, 6.07) is 14.1. The number of amides is 1. The van der Waals surface area contributed by atoms with Crippen LogP contribution in [0.2, 0.25) is 0 Å². The van der Waals surface area contributed by atoms with Crippen LogP contribution in [0.25, 0.3) is 0 Å². The Bertz CT molecular complexity index is 1170. The lowest BCUT2D eigenvalue weighted by Crippen LogP contribution is -2.43. The molecular formula is C26H31F6N5O5. The summed E-state index contributed by atoms with van der Waals surface area (Å²) in [5.74, 6) is -5.58. The SMILES string of the molecule is Cc1cc(C(=O)Nc2ccc(N3CCNCC3)cc2)ccc1N1CCNCC1.O=C(O)C(F)(F)F.O=C(O)C(F)(F)F. The van der Waals surface area contributed by atoms with Gasteiger partial charge in [-0.1, -0.05) is 0 Å². The van der Waals surface area contributed by atoms with Crippen molar-refractivity contribution < 1.29 is 50.9 Å². The van der Waals surface area contributed by atoms with Gasteiger partial charge in [0.1, 0.15) is 0 Å². The smallest absolute Gasteiger partial charge is 0.475 e. The number of carboxylic acids is 2. The van der Waals surface area contributed by atoms with Gasteiger partial charge in [-0.25, -0.2) is 9.59 Å². The van der Waals surface area contributed by atoms with Crippen molar-refractivity contribution in [1.29, 1.82) is 0 Å². The highest BCUT2D eigenvalue weighted by Crippen LogP contribution is 2.23. The molecule has 2 aliphatic rings. The number of carboxylic acid groups (broad SMARTS) is 2. The first-order valence-electron chi connectivity index (χ1n) is 12.6. The van der Waals surface area contributed by atoms with Gasteiger partial charge in [0.25, 0.3) is 5.91 Å². The Morgan fingerprint density at radius 1 is 0.738 bits per heavy atom. The van der Waals surface area contributed by atoms with Crippen LogP contribution < -0.4 is 25.8 Å². The number of alkyl halides is 6. The lowest BCUT2D eigenvalue weighted by Gasteiger charge is -2.30. The van der Waals surface area contributed by atoms with E-state index in [1.54, 1.807) is 0 Å². The normalized spacial score (nSPS) is 15.4. The van der Waals surface area contributed by atoms with Gasteiger partial charge in [-0.15, -0.1) is 0 Å². The highest BCUT2D eigenvalue weighted by molar-refractivity contribution is 6.04. The monoisotopic (exact) mass is 607 g/mol. The molecule has 4 rings (SSSR count). The van der Waals surface area contributed by atoms with Crippen molar-refractivity contribution in [2.75, 3.05) is 67.5 Å². The van der Waals surface area contributed by atoms with Crippen LogP contribution >= 0.6 is 0 Å². The van der Waals surface area contributed by atoms with Crippen molar-refractivity contribution in [1.82, 2.24) is 10.6 Å². The number of carbonyl (C=O) groups excluding carboxylic acids is 1. The molecule has 0 spiro atoms. The average molecular weight is 608 g/mol. The van der Waals surface area contributed by atoms with E-state index in [0.29, 0.717) is 5.56 Å². The van der Waals surface area contributed by atoms with E-state index in [9.17, 15) is 31.1 Å². The molecule has 0 atom stereocenters. The number of aliphatic carboxylic acids is 2. The number of rotatable bonds is 4. The van der Waals surface area contributed by atoms with E-state index in [0.717, 1.165) is 63.6 Å². The van der Waals surface area contributed by atoms with Gasteiger partial charge in [0.15, 0.2) is 0 Å². The summed E-state index contributed by atoms with van der Waals surface area (Å²) < 4.78 is 63.5. The molecule has 5 N–H and O–H groups in total. The second-order valence-electron chi connectivity index (χ2n) is 9.08. The topological polar surface area (TPSA) is 134 Å². The van der Waals surface area contributed by atoms with Crippen LogP contribution in [0.15, 0.2) is 42.5 Å². The lowest BCUT2D eigenvalue weighted by atomic mass is 10.1. The predicted octanol–water partition coefficient (Wildman–Crippen LogP) is 3.33. The van der Waals surface area contributed by atoms with Gasteiger partial charge in [0.05, 0.1) is 0 Å². The van der Waals surface area contributed by atoms with Gasteiger partial charge < -0.3 is 36.0 Å². The van der Waals surface area contributed by atoms with E-state index < -0.39 is 24.3 Å². The Morgan fingerprint density at radius 3 is 1.57 bits per heavy atom. The molecule has 232 valence electrons. The third kappa shape index (κ3) is 11.1. The van der Waals surface area contributed by atoms with E-state index in [-0.39, 0.29) is 5.91 Å². The molecule has 42 heavy (non-hydrogen) atoms. The Labute approximate surface area is 237 Å². The van der Waals surface area contributed by atoms with Gasteiger partial charge >= 0.3 is 24.3 Å². The van der Waals surface area contributed by atoms with Crippen LogP contribution in [0, 0.1) is 6.92 Å². The second kappa shape index (κ2) is 15.3. The average Bonchev–Trinajstić information content (AvgIpc) is 2.94. The number of benzene rings is 2. The molecule has 2 aromatic rings. The van der Waals surface area contributed by atoms with Crippen LogP contribution in [-0.4, -0.2) is 92.8 Å². The first-order chi connectivity index (χ1) is 19.6. The highest BCUT2D eigenvalue weighted by atomic mass is 19.4. The first-order valence-corrected chi connectivity index (χ1v) is 12.6. The Balaban J connectivity index is 0.000000367. The fourth-order valence-corrected chi connectivity index (χ4v) is 3.94. The Morgan fingerprint density at radius 2 is 1.17 bits per heavy atom. The van der Waals surface area contributed by atoms with E-state index in [2.05, 4.69) is 50.9 Å². The minimum atomic E-state index is -5.08. The number of hydrogen-bond donors (Lipinski definition) is 5. The Kier molecular flexibility index (Phi) is 12.4. The number of carbonyl (C=O) groups is 3. The van der Waals surface area contributed by atoms with E-state index in [1.165, 1.54) is 11.4 Å².